The first-order valence-electron chi connectivity index (χ1n) is 10.0. The summed E-state index contributed by atoms with van der Waals surface area (Å²) in [4.78, 5) is 5.00. The Labute approximate surface area is 182 Å². The number of hydrogen-bond acceptors (Lipinski definition) is 6. The van der Waals surface area contributed by atoms with Crippen LogP contribution in [0.1, 0.15) is 22.9 Å². The number of morpholine rings is 1. The van der Waals surface area contributed by atoms with Gasteiger partial charge in [0.1, 0.15) is 11.9 Å². The molecule has 3 aromatic rings. The van der Waals surface area contributed by atoms with Crippen molar-refractivity contribution in [3.63, 3.8) is 0 Å². The zero-order valence-electron chi connectivity index (χ0n) is 18.1. The molecule has 164 valence electrons. The molecule has 1 atom stereocenters. The smallest absolute Gasteiger partial charge is 0.243 e. The maximum absolute atomic E-state index is 13.4. The average molecular weight is 443 g/mol. The third-order valence-corrected chi connectivity index (χ3v) is 7.45. The number of aromatic nitrogens is 3. The van der Waals surface area contributed by atoms with E-state index in [0.29, 0.717) is 35.1 Å². The van der Waals surface area contributed by atoms with E-state index in [4.69, 9.17) is 14.5 Å². The second-order valence-electron chi connectivity index (χ2n) is 7.66. The molecular formula is C22H26N4O4S. The highest BCUT2D eigenvalue weighted by molar-refractivity contribution is 7.89. The molecule has 8 nitrogen and oxygen atoms in total. The van der Waals surface area contributed by atoms with Gasteiger partial charge in [0.15, 0.2) is 0 Å². The highest BCUT2D eigenvalue weighted by Gasteiger charge is 2.33. The predicted octanol–water partition coefficient (Wildman–Crippen LogP) is 2.87. The lowest BCUT2D eigenvalue weighted by Gasteiger charge is -2.32. The third-order valence-electron chi connectivity index (χ3n) is 5.44. The summed E-state index contributed by atoms with van der Waals surface area (Å²) in [6.07, 6.45) is 3.19. The van der Waals surface area contributed by atoms with Gasteiger partial charge in [-0.05, 0) is 49.2 Å². The topological polar surface area (TPSA) is 86.5 Å². The quantitative estimate of drug-likeness (QED) is 0.604. The fourth-order valence-corrected chi connectivity index (χ4v) is 5.48. The molecule has 0 N–H and O–H groups in total. The van der Waals surface area contributed by atoms with Gasteiger partial charge in [-0.15, -0.1) is 0 Å². The Bertz CT molecular complexity index is 1210. The van der Waals surface area contributed by atoms with Crippen molar-refractivity contribution >= 4 is 10.0 Å². The predicted molar refractivity (Wildman–Crippen MR) is 116 cm³/mol. The summed E-state index contributed by atoms with van der Waals surface area (Å²) in [7, 11) is -0.254. The van der Waals surface area contributed by atoms with E-state index in [1.807, 2.05) is 38.4 Å². The van der Waals surface area contributed by atoms with E-state index in [0.717, 1.165) is 16.8 Å². The summed E-state index contributed by atoms with van der Waals surface area (Å²) in [6.45, 7) is 4.43. The molecule has 0 bridgehead atoms. The normalized spacial score (nSPS) is 17.6. The summed E-state index contributed by atoms with van der Waals surface area (Å²) in [5, 5.41) is 4.19. The summed E-state index contributed by atoms with van der Waals surface area (Å²) in [6, 6.07) is 9.11. The highest BCUT2D eigenvalue weighted by atomic mass is 32.2. The van der Waals surface area contributed by atoms with Crippen LogP contribution in [0, 0.1) is 13.8 Å². The molecular weight excluding hydrogens is 416 g/mol. The zero-order chi connectivity index (χ0) is 22.2. The molecule has 1 aliphatic heterocycles. The summed E-state index contributed by atoms with van der Waals surface area (Å²) in [5.41, 5.74) is 3.80. The maximum Gasteiger partial charge on any atom is 0.243 e. The largest absolute Gasteiger partial charge is 0.496 e. The second kappa shape index (κ2) is 8.41. The van der Waals surface area contributed by atoms with E-state index >= 15 is 0 Å². The molecule has 0 aliphatic carbocycles. The number of pyridine rings is 1. The fraction of sp³-hybridized carbons (Fsp3) is 0.364. The second-order valence-corrected chi connectivity index (χ2v) is 9.57. The Morgan fingerprint density at radius 3 is 2.71 bits per heavy atom. The van der Waals surface area contributed by atoms with E-state index in [1.165, 1.54) is 4.31 Å². The molecule has 1 fully saturated rings. The van der Waals surface area contributed by atoms with Gasteiger partial charge in [-0.3, -0.25) is 4.68 Å². The molecule has 0 saturated carbocycles. The molecule has 31 heavy (non-hydrogen) atoms. The number of ether oxygens (including phenoxy) is 2. The summed E-state index contributed by atoms with van der Waals surface area (Å²) >= 11 is 0. The number of rotatable bonds is 5. The average Bonchev–Trinajstić information content (AvgIpc) is 3.21. The van der Waals surface area contributed by atoms with Crippen molar-refractivity contribution in [1.82, 2.24) is 19.1 Å². The van der Waals surface area contributed by atoms with Crippen LogP contribution in [0.25, 0.3) is 11.3 Å². The van der Waals surface area contributed by atoms with Crippen molar-refractivity contribution in [2.75, 3.05) is 26.8 Å². The molecule has 1 aliphatic rings. The molecule has 4 rings (SSSR count). The Hall–Kier alpha value is -2.75. The minimum absolute atomic E-state index is 0.205. The SMILES string of the molecule is COc1cc(C)c(S(=O)(=O)N2CCOC(c3cccc(-c4cnn(C)c4)n3)C2)cc1C. The fourth-order valence-electron chi connectivity index (χ4n) is 3.77. The van der Waals surface area contributed by atoms with Gasteiger partial charge in [0.25, 0.3) is 0 Å². The molecule has 3 heterocycles. The number of sulfonamides is 1. The number of methoxy groups -OCH3 is 1. The molecule has 0 amide bonds. The first-order chi connectivity index (χ1) is 14.8. The van der Waals surface area contributed by atoms with Crippen molar-refractivity contribution in [2.45, 2.75) is 24.8 Å². The van der Waals surface area contributed by atoms with Gasteiger partial charge in [-0.1, -0.05) is 6.07 Å². The van der Waals surface area contributed by atoms with Crippen LogP contribution in [0.5, 0.6) is 5.75 Å². The Morgan fingerprint density at radius 2 is 2.00 bits per heavy atom. The van der Waals surface area contributed by atoms with E-state index in [9.17, 15) is 8.42 Å². The molecule has 1 saturated heterocycles. The Morgan fingerprint density at radius 1 is 1.19 bits per heavy atom. The lowest BCUT2D eigenvalue weighted by Crippen LogP contribution is -2.42. The maximum atomic E-state index is 13.4. The van der Waals surface area contributed by atoms with Crippen LogP contribution in [-0.4, -0.2) is 54.3 Å². The molecule has 0 spiro atoms. The number of benzene rings is 1. The summed E-state index contributed by atoms with van der Waals surface area (Å²) in [5.74, 6) is 0.674. The highest BCUT2D eigenvalue weighted by Crippen LogP contribution is 2.31. The van der Waals surface area contributed by atoms with Crippen molar-refractivity contribution in [3.8, 4) is 17.0 Å². The van der Waals surface area contributed by atoms with Crippen molar-refractivity contribution < 1.29 is 17.9 Å². The van der Waals surface area contributed by atoms with Crippen LogP contribution in [0.3, 0.4) is 0 Å². The van der Waals surface area contributed by atoms with Gasteiger partial charge in [0.2, 0.25) is 10.0 Å². The first kappa shape index (κ1) is 21.5. The minimum atomic E-state index is -3.68. The number of aryl methyl sites for hydroxylation is 3. The molecule has 1 aromatic carbocycles. The van der Waals surface area contributed by atoms with Crippen LogP contribution in [0.4, 0.5) is 0 Å². The molecule has 9 heteroatoms. The van der Waals surface area contributed by atoms with Crippen LogP contribution in [0.2, 0.25) is 0 Å². The van der Waals surface area contributed by atoms with Gasteiger partial charge in [-0.2, -0.15) is 9.40 Å². The molecule has 1 unspecified atom stereocenters. The third kappa shape index (κ3) is 4.21. The molecule has 0 radical (unpaired) electrons. The van der Waals surface area contributed by atoms with Crippen LogP contribution in [0.15, 0.2) is 47.6 Å². The lowest BCUT2D eigenvalue weighted by molar-refractivity contribution is -0.00488. The lowest BCUT2D eigenvalue weighted by atomic mass is 10.1. The number of nitrogens with zero attached hydrogens (tertiary/aromatic N) is 4. The standard InChI is InChI=1S/C22H26N4O4S/c1-15-11-22(16(2)10-20(15)29-4)31(27,28)26-8-9-30-21(14-26)19-7-5-6-18(24-19)17-12-23-25(3)13-17/h5-7,10-13,21H,8-9,14H2,1-4H3. The van der Waals surface area contributed by atoms with Gasteiger partial charge >= 0.3 is 0 Å². The Balaban J connectivity index is 1.61. The van der Waals surface area contributed by atoms with Gasteiger partial charge < -0.3 is 9.47 Å². The van der Waals surface area contributed by atoms with Crippen molar-refractivity contribution in [3.05, 3.63) is 59.5 Å². The number of hydrogen-bond donors (Lipinski definition) is 0. The van der Waals surface area contributed by atoms with E-state index in [1.54, 1.807) is 37.0 Å². The molecule has 2 aromatic heterocycles. The van der Waals surface area contributed by atoms with Crippen molar-refractivity contribution in [1.29, 1.82) is 0 Å². The van der Waals surface area contributed by atoms with Crippen LogP contribution >= 0.6 is 0 Å². The van der Waals surface area contributed by atoms with E-state index in [-0.39, 0.29) is 6.54 Å². The monoisotopic (exact) mass is 442 g/mol. The van der Waals surface area contributed by atoms with Gasteiger partial charge in [0.05, 0.1) is 36.2 Å². The first-order valence-corrected chi connectivity index (χ1v) is 11.5. The van der Waals surface area contributed by atoms with E-state index < -0.39 is 16.1 Å². The van der Waals surface area contributed by atoms with E-state index in [2.05, 4.69) is 5.10 Å². The summed E-state index contributed by atoms with van der Waals surface area (Å²) < 4.78 is 41.3. The van der Waals surface area contributed by atoms with Crippen LogP contribution < -0.4 is 4.74 Å². The minimum Gasteiger partial charge on any atom is -0.496 e. The van der Waals surface area contributed by atoms with Gasteiger partial charge in [0, 0.05) is 31.9 Å². The van der Waals surface area contributed by atoms with Crippen LogP contribution in [-0.2, 0) is 21.8 Å². The Kier molecular flexibility index (Phi) is 5.83. The van der Waals surface area contributed by atoms with Gasteiger partial charge in [-0.25, -0.2) is 13.4 Å². The zero-order valence-corrected chi connectivity index (χ0v) is 18.9. The van der Waals surface area contributed by atoms with Crippen molar-refractivity contribution in [2.24, 2.45) is 7.05 Å².